The average molecular weight is 1220 g/mol. The number of aliphatic hydroxyl groups excluding tert-OH is 2. The molecule has 16 N–H and O–H groups in total. The van der Waals surface area contributed by atoms with Crippen molar-refractivity contribution in [3.8, 4) is 0 Å². The number of carboxylic acid groups (broad SMARTS) is 2. The first-order valence-electron chi connectivity index (χ1n) is 28.2. The van der Waals surface area contributed by atoms with Crippen LogP contribution in [0.1, 0.15) is 117 Å². The number of nitrogens with two attached hydrogens (primary N) is 1. The van der Waals surface area contributed by atoms with Gasteiger partial charge in [-0.3, -0.25) is 71.9 Å². The van der Waals surface area contributed by atoms with Gasteiger partial charge >= 0.3 is 11.9 Å². The molecule has 1 aromatic rings. The number of rotatable bonds is 37. The molecule has 86 heavy (non-hydrogen) atoms. The summed E-state index contributed by atoms with van der Waals surface area (Å²) in [7, 11) is 0. The molecule has 31 nitrogen and oxygen atoms in total. The number of hydrogen-bond donors (Lipinski definition) is 15. The number of aliphatic hydroxyl groups is 2. The standard InChI is InChI=1S/C55H84N12O19/c1-9-12-33(45(76)54(85)57-24-40(71)59-37(25-68)50(81)64-38(26-69)51(82)63-36(23-31-16-14-29(7)15-17-31)49(80)60-32(10-2)46(56)77)61-52(83)39-13-11-22-67(39)55(86)44(28(5)6)66-53(84)43(27(3)4)65-48(79)35(19-21-42(74)75)62-47(78)34(58-30(8)70)18-20-41(72)73/h14-17,27-28,32-39,43-44,68-69H,9-13,18-26H2,1-8H3,(H2,56,77)(H,57,85)(H,58,70)(H,59,71)(H,60,80)(H,61,83)(H,62,78)(H,63,82)(H,64,81)(H,65,79)(H,66,84)(H,72,73)(H,74,75)/t32-,33-,34-,35-,36-,37+,38+,39-,43-,44-/m0/s1. The normalized spacial score (nSPS) is 16.0. The number of amides is 12. The van der Waals surface area contributed by atoms with Crippen LogP contribution in [-0.4, -0.2) is 201 Å². The smallest absolute Gasteiger partial charge is 0.303 e. The number of nitrogens with zero attached hydrogens (tertiary/aromatic N) is 1. The van der Waals surface area contributed by atoms with E-state index in [-0.39, 0.29) is 45.1 Å². The first-order chi connectivity index (χ1) is 40.4. The molecule has 1 aliphatic heterocycles. The number of aryl methyl sites for hydroxylation is 1. The van der Waals surface area contributed by atoms with Gasteiger partial charge in [-0.05, 0) is 62.8 Å². The predicted molar refractivity (Wildman–Crippen MR) is 303 cm³/mol. The van der Waals surface area contributed by atoms with Crippen LogP contribution in [-0.2, 0) is 78.3 Å². The molecule has 0 saturated carbocycles. The van der Waals surface area contributed by atoms with Crippen LogP contribution in [0, 0.1) is 18.8 Å². The lowest BCUT2D eigenvalue weighted by atomic mass is 9.98. The second-order valence-corrected chi connectivity index (χ2v) is 21.4. The van der Waals surface area contributed by atoms with Gasteiger partial charge < -0.3 is 84.2 Å². The van der Waals surface area contributed by atoms with Crippen molar-refractivity contribution in [2.45, 2.75) is 180 Å². The number of aliphatic carboxylic acids is 2. The summed E-state index contributed by atoms with van der Waals surface area (Å²) in [5, 5.41) is 62.2. The van der Waals surface area contributed by atoms with Gasteiger partial charge in [0.15, 0.2) is 0 Å². The molecule has 1 aliphatic rings. The molecule has 0 aromatic heterocycles. The lowest BCUT2D eigenvalue weighted by Crippen LogP contribution is -2.61. The minimum absolute atomic E-state index is 0.0207. The van der Waals surface area contributed by atoms with E-state index in [4.69, 9.17) is 10.8 Å². The van der Waals surface area contributed by atoms with Crippen LogP contribution < -0.4 is 58.9 Å². The molecule has 10 atom stereocenters. The zero-order valence-corrected chi connectivity index (χ0v) is 49.6. The third-order valence-corrected chi connectivity index (χ3v) is 13.7. The molecule has 1 fully saturated rings. The molecule has 0 spiro atoms. The molecule has 1 saturated heterocycles. The Hall–Kier alpha value is -8.61. The van der Waals surface area contributed by atoms with Gasteiger partial charge in [-0.1, -0.05) is 77.8 Å². The minimum Gasteiger partial charge on any atom is -0.481 e. The van der Waals surface area contributed by atoms with Gasteiger partial charge in [-0.15, -0.1) is 0 Å². The molecule has 31 heteroatoms. The summed E-state index contributed by atoms with van der Waals surface area (Å²) in [4.78, 5) is 196. The summed E-state index contributed by atoms with van der Waals surface area (Å²) in [6.45, 7) is 9.43. The molecule has 12 amide bonds. The van der Waals surface area contributed by atoms with Crippen molar-refractivity contribution < 1.29 is 92.3 Å². The van der Waals surface area contributed by atoms with E-state index >= 15 is 0 Å². The average Bonchev–Trinajstić information content (AvgIpc) is 2.47. The Kier molecular flexibility index (Phi) is 31.0. The number of ketones is 1. The number of Topliss-reactive ketones (excluding diaryl/α,β-unsaturated/α-hetero) is 1. The first-order valence-corrected chi connectivity index (χ1v) is 28.2. The molecule has 0 unspecified atom stereocenters. The third kappa shape index (κ3) is 24.2. The SMILES string of the molecule is CCC[C@H](NC(=O)[C@@H]1CCCN1C(=O)[C@@H](NC(=O)[C@@H](NC(=O)[C@H](CCC(=O)O)NC(=O)[C@H](CCC(=O)O)NC(C)=O)C(C)C)C(C)C)C(=O)C(=O)NCC(=O)N[C@H](CO)C(=O)N[C@H](CO)C(=O)N[C@@H](Cc1ccc(C)cc1)C(=O)N[C@@H](CC)C(N)=O. The lowest BCUT2D eigenvalue weighted by molar-refractivity contribution is -0.144. The highest BCUT2D eigenvalue weighted by atomic mass is 16.4. The summed E-state index contributed by atoms with van der Waals surface area (Å²) in [6.07, 6.45) is -1.44. The van der Waals surface area contributed by atoms with Gasteiger partial charge in [-0.2, -0.15) is 0 Å². The number of hydrogen-bond acceptors (Lipinski definition) is 17. The van der Waals surface area contributed by atoms with Crippen LogP contribution in [0.3, 0.4) is 0 Å². The van der Waals surface area contributed by atoms with Crippen molar-refractivity contribution in [1.29, 1.82) is 0 Å². The van der Waals surface area contributed by atoms with E-state index in [9.17, 15) is 87.2 Å². The molecule has 0 bridgehead atoms. The topological polar surface area (TPSA) is 487 Å². The maximum atomic E-state index is 14.3. The van der Waals surface area contributed by atoms with Gasteiger partial charge in [0.1, 0.15) is 54.4 Å². The number of carbonyl (C=O) groups is 15. The van der Waals surface area contributed by atoms with Gasteiger partial charge in [0, 0.05) is 32.7 Å². The van der Waals surface area contributed by atoms with E-state index in [0.717, 1.165) is 12.5 Å². The van der Waals surface area contributed by atoms with E-state index in [1.54, 1.807) is 65.8 Å². The van der Waals surface area contributed by atoms with Crippen molar-refractivity contribution in [1.82, 2.24) is 58.1 Å². The van der Waals surface area contributed by atoms with Crippen molar-refractivity contribution in [3.63, 3.8) is 0 Å². The van der Waals surface area contributed by atoms with E-state index < -0.39 is 200 Å². The van der Waals surface area contributed by atoms with Crippen molar-refractivity contribution in [2.24, 2.45) is 17.6 Å². The van der Waals surface area contributed by atoms with Gasteiger partial charge in [0.2, 0.25) is 70.8 Å². The van der Waals surface area contributed by atoms with Crippen LogP contribution in [0.5, 0.6) is 0 Å². The van der Waals surface area contributed by atoms with Crippen LogP contribution in [0.4, 0.5) is 0 Å². The van der Waals surface area contributed by atoms with Crippen LogP contribution in [0.15, 0.2) is 24.3 Å². The Morgan fingerprint density at radius 2 is 1.06 bits per heavy atom. The fraction of sp³-hybridized carbons (Fsp3) is 0.618. The Morgan fingerprint density at radius 3 is 1.56 bits per heavy atom. The number of benzene rings is 1. The second kappa shape index (κ2) is 36.3. The summed E-state index contributed by atoms with van der Waals surface area (Å²) in [5.74, 6) is -16.6. The second-order valence-electron chi connectivity index (χ2n) is 21.4. The fourth-order valence-electron chi connectivity index (χ4n) is 8.84. The van der Waals surface area contributed by atoms with Gasteiger partial charge in [0.25, 0.3) is 5.91 Å². The maximum absolute atomic E-state index is 14.3. The van der Waals surface area contributed by atoms with Crippen LogP contribution >= 0.6 is 0 Å². The van der Waals surface area contributed by atoms with Gasteiger partial charge in [-0.25, -0.2) is 0 Å². The lowest BCUT2D eigenvalue weighted by Gasteiger charge is -2.33. The third-order valence-electron chi connectivity index (χ3n) is 13.7. The molecular formula is C55H84N12O19. The summed E-state index contributed by atoms with van der Waals surface area (Å²) >= 11 is 0. The summed E-state index contributed by atoms with van der Waals surface area (Å²) < 4.78 is 0. The largest absolute Gasteiger partial charge is 0.481 e. The van der Waals surface area contributed by atoms with Crippen molar-refractivity contribution in [2.75, 3.05) is 26.3 Å². The van der Waals surface area contributed by atoms with E-state index in [0.29, 0.717) is 12.0 Å². The zero-order chi connectivity index (χ0) is 65.1. The highest BCUT2D eigenvalue weighted by molar-refractivity contribution is 6.38. The highest BCUT2D eigenvalue weighted by Crippen LogP contribution is 2.22. The quantitative estimate of drug-likeness (QED) is 0.0278. The Balaban J connectivity index is 2.16. The summed E-state index contributed by atoms with van der Waals surface area (Å²) in [5.41, 5.74) is 6.89. The number of primary amides is 1. The Morgan fingerprint density at radius 1 is 0.581 bits per heavy atom. The van der Waals surface area contributed by atoms with E-state index in [2.05, 4.69) is 53.2 Å². The van der Waals surface area contributed by atoms with Gasteiger partial charge in [0.05, 0.1) is 25.8 Å². The van der Waals surface area contributed by atoms with E-state index in [1.807, 2.05) is 6.92 Å². The Labute approximate surface area is 497 Å². The predicted octanol–water partition coefficient (Wildman–Crippen LogP) is -4.68. The Bertz CT molecular complexity index is 2620. The highest BCUT2D eigenvalue weighted by Gasteiger charge is 2.42. The molecule has 0 radical (unpaired) electrons. The molecule has 2 rings (SSSR count). The number of carbonyl (C=O) groups excluding carboxylic acids is 13. The zero-order valence-electron chi connectivity index (χ0n) is 49.6. The first kappa shape index (κ1) is 73.5. The van der Waals surface area contributed by atoms with Crippen LogP contribution in [0.25, 0.3) is 0 Å². The molecule has 1 aromatic carbocycles. The fourth-order valence-corrected chi connectivity index (χ4v) is 8.84. The summed E-state index contributed by atoms with van der Waals surface area (Å²) in [6, 6.07) is -7.46. The molecule has 0 aliphatic carbocycles. The van der Waals surface area contributed by atoms with Crippen molar-refractivity contribution in [3.05, 3.63) is 35.4 Å². The number of carboxylic acids is 2. The maximum Gasteiger partial charge on any atom is 0.303 e. The van der Waals surface area contributed by atoms with E-state index in [1.165, 1.54) is 4.90 Å². The molecule has 478 valence electrons. The molecule has 1 heterocycles. The monoisotopic (exact) mass is 1220 g/mol. The van der Waals surface area contributed by atoms with Crippen molar-refractivity contribution >= 4 is 88.6 Å². The molecular weight excluding hydrogens is 1130 g/mol. The van der Waals surface area contributed by atoms with Crippen LogP contribution in [0.2, 0.25) is 0 Å². The number of nitrogens with one attached hydrogen (secondary N) is 10. The number of likely N-dealkylation sites (tertiary alicyclic amines) is 1. The minimum atomic E-state index is -1.79.